The molecule has 2 aromatic heterocycles. The summed E-state index contributed by atoms with van der Waals surface area (Å²) in [5.41, 5.74) is 2.16. The van der Waals surface area contributed by atoms with E-state index in [1.807, 2.05) is 6.92 Å². The number of pyridine rings is 1. The molecule has 3 rings (SSSR count). The van der Waals surface area contributed by atoms with E-state index in [2.05, 4.69) is 25.8 Å². The van der Waals surface area contributed by atoms with Gasteiger partial charge in [0.1, 0.15) is 11.9 Å². The van der Waals surface area contributed by atoms with Gasteiger partial charge in [-0.25, -0.2) is 9.18 Å². The summed E-state index contributed by atoms with van der Waals surface area (Å²) in [6.45, 7) is 5.44. The van der Waals surface area contributed by atoms with Crippen LogP contribution in [-0.2, 0) is 9.53 Å². The second-order valence-electron chi connectivity index (χ2n) is 6.06. The summed E-state index contributed by atoms with van der Waals surface area (Å²) in [6.07, 6.45) is 3.09. The summed E-state index contributed by atoms with van der Waals surface area (Å²) in [5.74, 6) is -0.620. The number of carbonyl (C=O) groups excluding carboxylic acids is 1. The number of nitrogens with one attached hydrogen (secondary N) is 2. The lowest BCUT2D eigenvalue weighted by Crippen LogP contribution is -2.28. The molecule has 0 spiro atoms. The summed E-state index contributed by atoms with van der Waals surface area (Å²) in [5, 5.41) is 13.7. The molecule has 1 unspecified atom stereocenters. The number of rotatable bonds is 7. The van der Waals surface area contributed by atoms with E-state index in [0.29, 0.717) is 16.9 Å². The van der Waals surface area contributed by atoms with Crippen LogP contribution < -0.4 is 10.6 Å². The van der Waals surface area contributed by atoms with Crippen LogP contribution in [0.4, 0.5) is 21.8 Å². The van der Waals surface area contributed by atoms with Gasteiger partial charge in [0.25, 0.3) is 5.89 Å². The summed E-state index contributed by atoms with van der Waals surface area (Å²) in [6, 6.07) is 5.96. The van der Waals surface area contributed by atoms with Crippen LogP contribution in [0.1, 0.15) is 19.4 Å². The SMILES string of the molecule is CCOC(=O)C(C)Nc1nnc(-c2ccncc2Nc2ccc(C)cc2F)o1. The highest BCUT2D eigenvalue weighted by atomic mass is 19.1. The lowest BCUT2D eigenvalue weighted by atomic mass is 10.2. The van der Waals surface area contributed by atoms with E-state index in [9.17, 15) is 9.18 Å². The molecule has 0 radical (unpaired) electrons. The number of anilines is 3. The number of carbonyl (C=O) groups is 1. The Balaban J connectivity index is 1.81. The molecule has 8 nitrogen and oxygen atoms in total. The van der Waals surface area contributed by atoms with E-state index in [1.54, 1.807) is 38.2 Å². The van der Waals surface area contributed by atoms with Crippen molar-refractivity contribution in [3.63, 3.8) is 0 Å². The highest BCUT2D eigenvalue weighted by Gasteiger charge is 2.19. The zero-order valence-corrected chi connectivity index (χ0v) is 15.7. The van der Waals surface area contributed by atoms with Crippen LogP contribution in [0.15, 0.2) is 41.1 Å². The number of benzene rings is 1. The smallest absolute Gasteiger partial charge is 0.328 e. The molecule has 9 heteroatoms. The number of hydrogen-bond acceptors (Lipinski definition) is 8. The first-order chi connectivity index (χ1) is 13.5. The summed E-state index contributed by atoms with van der Waals surface area (Å²) >= 11 is 0. The molecular formula is C19H20FN5O3. The fourth-order valence-electron chi connectivity index (χ4n) is 2.45. The minimum atomic E-state index is -0.648. The van der Waals surface area contributed by atoms with Crippen LogP contribution in [0.25, 0.3) is 11.5 Å². The zero-order chi connectivity index (χ0) is 20.1. The van der Waals surface area contributed by atoms with E-state index in [0.717, 1.165) is 5.56 Å². The van der Waals surface area contributed by atoms with Crippen molar-refractivity contribution in [1.29, 1.82) is 0 Å². The van der Waals surface area contributed by atoms with Crippen molar-refractivity contribution in [3.05, 3.63) is 48.0 Å². The van der Waals surface area contributed by atoms with Crippen LogP contribution >= 0.6 is 0 Å². The number of hydrogen-bond donors (Lipinski definition) is 2. The molecule has 2 heterocycles. The van der Waals surface area contributed by atoms with Crippen molar-refractivity contribution >= 4 is 23.4 Å². The maximum Gasteiger partial charge on any atom is 0.328 e. The van der Waals surface area contributed by atoms with Crippen LogP contribution in [0.2, 0.25) is 0 Å². The molecule has 1 atom stereocenters. The van der Waals surface area contributed by atoms with Crippen molar-refractivity contribution in [1.82, 2.24) is 15.2 Å². The fraction of sp³-hybridized carbons (Fsp3) is 0.263. The molecule has 0 saturated heterocycles. The van der Waals surface area contributed by atoms with Crippen LogP contribution in [0.5, 0.6) is 0 Å². The molecule has 0 aliphatic heterocycles. The van der Waals surface area contributed by atoms with Gasteiger partial charge in [0, 0.05) is 6.20 Å². The van der Waals surface area contributed by atoms with E-state index in [4.69, 9.17) is 9.15 Å². The first-order valence-corrected chi connectivity index (χ1v) is 8.72. The average Bonchev–Trinajstić information content (AvgIpc) is 3.13. The van der Waals surface area contributed by atoms with E-state index >= 15 is 0 Å². The zero-order valence-electron chi connectivity index (χ0n) is 15.7. The summed E-state index contributed by atoms with van der Waals surface area (Å²) in [7, 11) is 0. The maximum atomic E-state index is 14.2. The number of ether oxygens (including phenoxy) is 1. The molecule has 28 heavy (non-hydrogen) atoms. The van der Waals surface area contributed by atoms with Crippen molar-refractivity contribution in [3.8, 4) is 11.5 Å². The molecule has 0 aliphatic carbocycles. The predicted molar refractivity (Wildman–Crippen MR) is 102 cm³/mol. The Morgan fingerprint density at radius 2 is 2.11 bits per heavy atom. The minimum absolute atomic E-state index is 0.0693. The molecule has 0 aliphatic rings. The Morgan fingerprint density at radius 3 is 2.86 bits per heavy atom. The van der Waals surface area contributed by atoms with E-state index < -0.39 is 12.0 Å². The number of esters is 1. The Hall–Kier alpha value is -3.49. The topological polar surface area (TPSA) is 102 Å². The molecule has 0 amide bonds. The second-order valence-corrected chi connectivity index (χ2v) is 6.06. The molecule has 1 aromatic carbocycles. The van der Waals surface area contributed by atoms with Gasteiger partial charge in [-0.05, 0) is 44.5 Å². The third-order valence-corrected chi connectivity index (χ3v) is 3.85. The summed E-state index contributed by atoms with van der Waals surface area (Å²) in [4.78, 5) is 15.8. The Labute approximate surface area is 161 Å². The van der Waals surface area contributed by atoms with Crippen molar-refractivity contribution in [2.24, 2.45) is 0 Å². The quantitative estimate of drug-likeness (QED) is 0.594. The Morgan fingerprint density at radius 1 is 1.29 bits per heavy atom. The predicted octanol–water partition coefficient (Wildman–Crippen LogP) is 3.69. The first kappa shape index (κ1) is 19.3. The van der Waals surface area contributed by atoms with Gasteiger partial charge in [-0.2, -0.15) is 0 Å². The lowest BCUT2D eigenvalue weighted by molar-refractivity contribution is -0.143. The lowest BCUT2D eigenvalue weighted by Gasteiger charge is -2.11. The molecular weight excluding hydrogens is 365 g/mol. The maximum absolute atomic E-state index is 14.2. The number of aromatic nitrogens is 3. The van der Waals surface area contributed by atoms with Crippen molar-refractivity contribution in [2.45, 2.75) is 26.8 Å². The molecule has 0 fully saturated rings. The fourth-order valence-corrected chi connectivity index (χ4v) is 2.45. The van der Waals surface area contributed by atoms with Gasteiger partial charge in [-0.3, -0.25) is 4.98 Å². The second kappa shape index (κ2) is 8.47. The third-order valence-electron chi connectivity index (χ3n) is 3.85. The van der Waals surface area contributed by atoms with Crippen LogP contribution in [0, 0.1) is 12.7 Å². The van der Waals surface area contributed by atoms with Gasteiger partial charge >= 0.3 is 12.0 Å². The normalized spacial score (nSPS) is 11.7. The molecule has 0 saturated carbocycles. The van der Waals surface area contributed by atoms with Crippen LogP contribution in [-0.4, -0.2) is 33.8 Å². The van der Waals surface area contributed by atoms with Gasteiger partial charge < -0.3 is 19.8 Å². The monoisotopic (exact) mass is 385 g/mol. The van der Waals surface area contributed by atoms with Crippen LogP contribution in [0.3, 0.4) is 0 Å². The van der Waals surface area contributed by atoms with Crippen molar-refractivity contribution < 1.29 is 18.3 Å². The minimum Gasteiger partial charge on any atom is -0.464 e. The Kier molecular flexibility index (Phi) is 5.83. The standard InChI is InChI=1S/C19H20FN5O3/c1-4-27-18(26)12(3)22-19-25-24-17(28-19)13-7-8-21-10-16(13)23-15-6-5-11(2)9-14(15)20/h5-10,12,23H,4H2,1-3H3,(H,22,25). The number of aryl methyl sites for hydroxylation is 1. The molecule has 146 valence electrons. The van der Waals surface area contributed by atoms with Gasteiger partial charge in [-0.1, -0.05) is 11.2 Å². The van der Waals surface area contributed by atoms with Gasteiger partial charge in [-0.15, -0.1) is 5.10 Å². The van der Waals surface area contributed by atoms with Crippen molar-refractivity contribution in [2.75, 3.05) is 17.2 Å². The van der Waals surface area contributed by atoms with Gasteiger partial charge in [0.2, 0.25) is 0 Å². The van der Waals surface area contributed by atoms with Gasteiger partial charge in [0.15, 0.2) is 0 Å². The number of halogens is 1. The molecule has 3 aromatic rings. The first-order valence-electron chi connectivity index (χ1n) is 8.72. The van der Waals surface area contributed by atoms with E-state index in [-0.39, 0.29) is 24.3 Å². The molecule has 0 bridgehead atoms. The largest absolute Gasteiger partial charge is 0.464 e. The molecule has 2 N–H and O–H groups in total. The average molecular weight is 385 g/mol. The number of nitrogens with zero attached hydrogens (tertiary/aromatic N) is 3. The van der Waals surface area contributed by atoms with E-state index in [1.165, 1.54) is 12.3 Å². The third kappa shape index (κ3) is 4.43. The highest BCUT2D eigenvalue weighted by molar-refractivity contribution is 5.78. The Bertz CT molecular complexity index is 976. The highest BCUT2D eigenvalue weighted by Crippen LogP contribution is 2.30. The van der Waals surface area contributed by atoms with Gasteiger partial charge in [0.05, 0.1) is 29.7 Å². The summed E-state index contributed by atoms with van der Waals surface area (Å²) < 4.78 is 24.7.